The molecule has 1 aromatic heterocycles. The normalized spacial score (nSPS) is 11.6. The Morgan fingerprint density at radius 3 is 2.46 bits per heavy atom. The third kappa shape index (κ3) is 6.37. The van der Waals surface area contributed by atoms with E-state index < -0.39 is 11.9 Å². The minimum absolute atomic E-state index is 0.245. The highest BCUT2D eigenvalue weighted by Gasteiger charge is 2.19. The molecule has 3 rings (SSSR count). The Hall–Kier alpha value is -4.11. The van der Waals surface area contributed by atoms with E-state index >= 15 is 0 Å². The highest BCUT2D eigenvalue weighted by Crippen LogP contribution is 2.38. The predicted molar refractivity (Wildman–Crippen MR) is 146 cm³/mol. The van der Waals surface area contributed by atoms with Crippen LogP contribution in [0.3, 0.4) is 0 Å². The van der Waals surface area contributed by atoms with Gasteiger partial charge in [0.1, 0.15) is 0 Å². The number of pyridine rings is 1. The zero-order valence-electron chi connectivity index (χ0n) is 21.6. The first-order valence-corrected chi connectivity index (χ1v) is 12.4. The molecular formula is C28H35N5O4. The molecule has 0 unspecified atom stereocenters. The van der Waals surface area contributed by atoms with Crippen LogP contribution in [-0.4, -0.2) is 36.1 Å². The van der Waals surface area contributed by atoms with Crippen LogP contribution >= 0.6 is 0 Å². The number of amides is 2. The number of nitrogens with zero attached hydrogens (tertiary/aromatic N) is 1. The van der Waals surface area contributed by atoms with Gasteiger partial charge in [0, 0.05) is 29.9 Å². The van der Waals surface area contributed by atoms with E-state index in [-0.39, 0.29) is 11.5 Å². The second kappa shape index (κ2) is 12.7. The van der Waals surface area contributed by atoms with E-state index in [1.165, 1.54) is 6.20 Å². The lowest BCUT2D eigenvalue weighted by atomic mass is 10.0. The fourth-order valence-corrected chi connectivity index (χ4v) is 4.13. The number of aromatic nitrogens is 1. The molecule has 0 spiro atoms. The van der Waals surface area contributed by atoms with Crippen LogP contribution in [0.5, 0.6) is 11.5 Å². The lowest BCUT2D eigenvalue weighted by Crippen LogP contribution is -2.39. The van der Waals surface area contributed by atoms with Crippen molar-refractivity contribution in [1.82, 2.24) is 10.3 Å². The third-order valence-corrected chi connectivity index (χ3v) is 5.90. The molecule has 196 valence electrons. The average Bonchev–Trinajstić information content (AvgIpc) is 2.88. The van der Waals surface area contributed by atoms with E-state index in [0.29, 0.717) is 60.7 Å². The number of ether oxygens (including phenoxy) is 2. The number of carbonyl (C=O) groups is 2. The van der Waals surface area contributed by atoms with E-state index in [9.17, 15) is 9.59 Å². The van der Waals surface area contributed by atoms with E-state index in [1.54, 1.807) is 12.1 Å². The number of anilines is 2. The Morgan fingerprint density at radius 2 is 1.84 bits per heavy atom. The summed E-state index contributed by atoms with van der Waals surface area (Å²) in [6, 6.07) is 8.71. The Balaban J connectivity index is 2.06. The molecule has 37 heavy (non-hydrogen) atoms. The summed E-state index contributed by atoms with van der Waals surface area (Å²) in [5, 5.41) is 6.98. The summed E-state index contributed by atoms with van der Waals surface area (Å²) in [6.07, 6.45) is 4.16. The molecule has 6 N–H and O–H groups in total. The molecule has 1 heterocycles. The third-order valence-electron chi connectivity index (χ3n) is 5.90. The quantitative estimate of drug-likeness (QED) is 0.258. The number of rotatable bonds is 13. The number of benzene rings is 2. The highest BCUT2D eigenvalue weighted by atomic mass is 16.5. The Kier molecular flexibility index (Phi) is 9.45. The zero-order chi connectivity index (χ0) is 26.9. The number of nitrogens with two attached hydrogens (primary N) is 2. The molecule has 0 aliphatic heterocycles. The summed E-state index contributed by atoms with van der Waals surface area (Å²) >= 11 is 0. The van der Waals surface area contributed by atoms with Crippen molar-refractivity contribution < 1.29 is 19.1 Å². The highest BCUT2D eigenvalue weighted by molar-refractivity contribution is 6.08. The van der Waals surface area contributed by atoms with Crippen LogP contribution in [0.1, 0.15) is 48.7 Å². The van der Waals surface area contributed by atoms with Gasteiger partial charge in [-0.1, -0.05) is 25.1 Å². The van der Waals surface area contributed by atoms with E-state index in [4.69, 9.17) is 20.9 Å². The van der Waals surface area contributed by atoms with Gasteiger partial charge in [0.05, 0.1) is 36.0 Å². The van der Waals surface area contributed by atoms with Crippen molar-refractivity contribution in [3.8, 4) is 11.5 Å². The van der Waals surface area contributed by atoms with Crippen LogP contribution in [0, 0.1) is 0 Å². The van der Waals surface area contributed by atoms with Crippen molar-refractivity contribution in [3.05, 3.63) is 65.9 Å². The summed E-state index contributed by atoms with van der Waals surface area (Å²) in [5.41, 5.74) is 15.7. The molecule has 2 aromatic carbocycles. The molecule has 9 heteroatoms. The maximum Gasteiger partial charge on any atom is 0.252 e. The van der Waals surface area contributed by atoms with Crippen LogP contribution in [-0.2, 0) is 17.8 Å². The largest absolute Gasteiger partial charge is 0.490 e. The van der Waals surface area contributed by atoms with Gasteiger partial charge >= 0.3 is 0 Å². The van der Waals surface area contributed by atoms with Gasteiger partial charge in [0.15, 0.2) is 11.5 Å². The zero-order valence-corrected chi connectivity index (χ0v) is 21.6. The van der Waals surface area contributed by atoms with Crippen LogP contribution in [0.25, 0.3) is 10.9 Å². The summed E-state index contributed by atoms with van der Waals surface area (Å²) in [7, 11) is 0. The molecule has 2 amide bonds. The summed E-state index contributed by atoms with van der Waals surface area (Å²) in [4.78, 5) is 29.1. The molecule has 9 nitrogen and oxygen atoms in total. The molecule has 1 atom stereocenters. The van der Waals surface area contributed by atoms with Crippen molar-refractivity contribution in [2.75, 3.05) is 18.5 Å². The lowest BCUT2D eigenvalue weighted by molar-refractivity contribution is -0.122. The number of nitrogens with one attached hydrogen (secondary N) is 2. The van der Waals surface area contributed by atoms with Gasteiger partial charge in [-0.25, -0.2) is 0 Å². The van der Waals surface area contributed by atoms with Crippen molar-refractivity contribution >= 4 is 34.1 Å². The maximum atomic E-state index is 12.4. The fourth-order valence-electron chi connectivity index (χ4n) is 4.13. The Labute approximate surface area is 217 Å². The van der Waals surface area contributed by atoms with Crippen molar-refractivity contribution in [3.63, 3.8) is 0 Å². The first-order valence-electron chi connectivity index (χ1n) is 12.4. The molecule has 0 saturated carbocycles. The number of fused-ring (bicyclic) bond motifs is 1. The first-order chi connectivity index (χ1) is 17.8. The van der Waals surface area contributed by atoms with Gasteiger partial charge in [-0.3, -0.25) is 14.6 Å². The monoisotopic (exact) mass is 505 g/mol. The minimum Gasteiger partial charge on any atom is -0.490 e. The smallest absolute Gasteiger partial charge is 0.252 e. The minimum atomic E-state index is -0.647. The van der Waals surface area contributed by atoms with E-state index in [2.05, 4.69) is 22.2 Å². The van der Waals surface area contributed by atoms with E-state index in [0.717, 1.165) is 16.8 Å². The molecule has 0 aliphatic rings. The van der Waals surface area contributed by atoms with Crippen molar-refractivity contribution in [2.24, 2.45) is 11.5 Å². The SMILES string of the molecule is C=CC[C@H](N)C(=O)NCc1cccc(Nc2c(C(N)=O)cnc3cc(OCC)c(OCC)cc23)c1CC. The summed E-state index contributed by atoms with van der Waals surface area (Å²) < 4.78 is 11.5. The van der Waals surface area contributed by atoms with Gasteiger partial charge < -0.3 is 31.6 Å². The van der Waals surface area contributed by atoms with Crippen LogP contribution in [0.4, 0.5) is 11.4 Å². The maximum absolute atomic E-state index is 12.4. The topological polar surface area (TPSA) is 142 Å². The number of carbonyl (C=O) groups excluding carboxylic acids is 2. The standard InChI is InChI=1S/C28H35N5O4/c1-5-10-21(29)28(35)32-15-17-11-9-12-22(18(17)6-2)33-26-19-13-24(36-7-3)25(37-8-4)14-23(19)31-16-20(26)27(30)34/h5,9,11-14,16,21H,1,6-8,10,15,29H2,2-4H3,(H2,30,34)(H,31,33)(H,32,35)/t21-/m0/s1. The number of hydrogen-bond acceptors (Lipinski definition) is 7. The van der Waals surface area contributed by atoms with Gasteiger partial charge in [-0.05, 0) is 49.9 Å². The lowest BCUT2D eigenvalue weighted by Gasteiger charge is -2.20. The molecule has 0 fully saturated rings. The second-order valence-electron chi connectivity index (χ2n) is 8.36. The van der Waals surface area contributed by atoms with Gasteiger partial charge in [0.2, 0.25) is 5.91 Å². The summed E-state index contributed by atoms with van der Waals surface area (Å²) in [5.74, 6) is 0.265. The van der Waals surface area contributed by atoms with Crippen LogP contribution in [0.2, 0.25) is 0 Å². The molecular weight excluding hydrogens is 470 g/mol. The van der Waals surface area contributed by atoms with Gasteiger partial charge in [-0.15, -0.1) is 6.58 Å². The Bertz CT molecular complexity index is 1290. The molecule has 0 bridgehead atoms. The summed E-state index contributed by atoms with van der Waals surface area (Å²) in [6.45, 7) is 10.7. The van der Waals surface area contributed by atoms with Crippen LogP contribution in [0.15, 0.2) is 49.2 Å². The fraction of sp³-hybridized carbons (Fsp3) is 0.321. The molecule has 0 radical (unpaired) electrons. The predicted octanol–water partition coefficient (Wildman–Crippen LogP) is 3.96. The van der Waals surface area contributed by atoms with Crippen LogP contribution < -0.4 is 31.6 Å². The second-order valence-corrected chi connectivity index (χ2v) is 8.36. The Morgan fingerprint density at radius 1 is 1.14 bits per heavy atom. The molecule has 3 aromatic rings. The number of primary amides is 1. The van der Waals surface area contributed by atoms with Gasteiger partial charge in [0.25, 0.3) is 5.91 Å². The molecule has 0 saturated heterocycles. The van der Waals surface area contributed by atoms with Crippen molar-refractivity contribution in [2.45, 2.75) is 46.2 Å². The first kappa shape index (κ1) is 27.5. The average molecular weight is 506 g/mol. The van der Waals surface area contributed by atoms with Gasteiger partial charge in [-0.2, -0.15) is 0 Å². The van der Waals surface area contributed by atoms with Crippen molar-refractivity contribution in [1.29, 1.82) is 0 Å². The number of hydrogen-bond donors (Lipinski definition) is 4. The van der Waals surface area contributed by atoms with E-state index in [1.807, 2.05) is 45.0 Å². The molecule has 0 aliphatic carbocycles.